The second kappa shape index (κ2) is 5.09. The highest BCUT2D eigenvalue weighted by molar-refractivity contribution is 6.40. The van der Waals surface area contributed by atoms with Gasteiger partial charge in [0.2, 0.25) is 0 Å². The highest BCUT2D eigenvalue weighted by atomic mass is 35.5. The molecule has 0 radical (unpaired) electrons. The molecule has 2 rings (SSSR count). The Kier molecular flexibility index (Phi) is 4.03. The molecule has 3 atom stereocenters. The predicted molar refractivity (Wildman–Crippen MR) is 76.9 cm³/mol. The van der Waals surface area contributed by atoms with Crippen LogP contribution in [0.1, 0.15) is 26.7 Å². The molecule has 1 aromatic rings. The Morgan fingerprint density at radius 1 is 1.33 bits per heavy atom. The fourth-order valence-electron chi connectivity index (χ4n) is 2.30. The summed E-state index contributed by atoms with van der Waals surface area (Å²) in [6.45, 7) is 4.24. The Morgan fingerprint density at radius 2 is 1.89 bits per heavy atom. The summed E-state index contributed by atoms with van der Waals surface area (Å²) in [6.07, 6.45) is 1.83. The number of rotatable bonds is 3. The molecule has 0 saturated heterocycles. The van der Waals surface area contributed by atoms with E-state index in [0.717, 1.165) is 12.8 Å². The van der Waals surface area contributed by atoms with E-state index in [0.29, 0.717) is 20.8 Å². The van der Waals surface area contributed by atoms with Gasteiger partial charge in [-0.25, -0.2) is 0 Å². The Morgan fingerprint density at radius 3 is 2.33 bits per heavy atom. The van der Waals surface area contributed by atoms with Gasteiger partial charge >= 0.3 is 0 Å². The van der Waals surface area contributed by atoms with Crippen LogP contribution < -0.4 is 10.5 Å². The minimum atomic E-state index is -0.0215. The molecule has 0 aromatic heterocycles. The zero-order valence-electron chi connectivity index (χ0n) is 10.3. The summed E-state index contributed by atoms with van der Waals surface area (Å²) in [5.41, 5.74) is 6.02. The van der Waals surface area contributed by atoms with Crippen molar-refractivity contribution in [3.63, 3.8) is 0 Å². The number of ether oxygens (including phenoxy) is 1. The van der Waals surface area contributed by atoms with E-state index in [4.69, 9.17) is 45.3 Å². The SMILES string of the molecule is CCC1(C)C(N)CC1Oc1c(Cl)cc(Cl)cc1Cl. The van der Waals surface area contributed by atoms with Crippen LogP contribution in [0.5, 0.6) is 5.75 Å². The van der Waals surface area contributed by atoms with Gasteiger partial charge in [-0.1, -0.05) is 48.7 Å². The van der Waals surface area contributed by atoms with Crippen LogP contribution in [0.2, 0.25) is 15.1 Å². The largest absolute Gasteiger partial charge is 0.487 e. The van der Waals surface area contributed by atoms with Gasteiger partial charge < -0.3 is 10.5 Å². The molecule has 0 aliphatic heterocycles. The predicted octanol–water partition coefficient (Wildman–Crippen LogP) is 4.54. The lowest BCUT2D eigenvalue weighted by atomic mass is 9.62. The first-order chi connectivity index (χ1) is 8.38. The van der Waals surface area contributed by atoms with Crippen LogP contribution in [0.25, 0.3) is 0 Å². The van der Waals surface area contributed by atoms with Crippen LogP contribution in [0.4, 0.5) is 0 Å². The van der Waals surface area contributed by atoms with Gasteiger partial charge in [-0.05, 0) is 18.6 Å². The van der Waals surface area contributed by atoms with E-state index in [-0.39, 0.29) is 17.6 Å². The smallest absolute Gasteiger partial charge is 0.157 e. The van der Waals surface area contributed by atoms with Crippen molar-refractivity contribution in [3.05, 3.63) is 27.2 Å². The maximum Gasteiger partial charge on any atom is 0.157 e. The van der Waals surface area contributed by atoms with E-state index in [1.54, 1.807) is 12.1 Å². The number of halogens is 3. The van der Waals surface area contributed by atoms with Crippen LogP contribution in [0.3, 0.4) is 0 Å². The van der Waals surface area contributed by atoms with E-state index in [1.807, 2.05) is 0 Å². The van der Waals surface area contributed by atoms with E-state index in [9.17, 15) is 0 Å². The van der Waals surface area contributed by atoms with Gasteiger partial charge in [-0.15, -0.1) is 0 Å². The van der Waals surface area contributed by atoms with Gasteiger partial charge in [0.25, 0.3) is 0 Å². The normalized spacial score (nSPS) is 31.0. The van der Waals surface area contributed by atoms with Gasteiger partial charge in [0.1, 0.15) is 6.10 Å². The monoisotopic (exact) mass is 307 g/mol. The van der Waals surface area contributed by atoms with Gasteiger partial charge in [-0.2, -0.15) is 0 Å². The van der Waals surface area contributed by atoms with Gasteiger partial charge in [0, 0.05) is 22.9 Å². The summed E-state index contributed by atoms with van der Waals surface area (Å²) >= 11 is 18.1. The maximum atomic E-state index is 6.11. The fourth-order valence-corrected chi connectivity index (χ4v) is 3.21. The molecule has 1 aromatic carbocycles. The lowest BCUT2D eigenvalue weighted by molar-refractivity contribution is -0.0559. The lowest BCUT2D eigenvalue weighted by Gasteiger charge is -2.51. The molecule has 2 N–H and O–H groups in total. The van der Waals surface area contributed by atoms with E-state index < -0.39 is 0 Å². The Bertz CT molecular complexity index is 443. The first-order valence-electron chi connectivity index (χ1n) is 5.95. The molecule has 1 aliphatic carbocycles. The van der Waals surface area contributed by atoms with E-state index in [1.165, 1.54) is 0 Å². The van der Waals surface area contributed by atoms with Gasteiger partial charge in [-0.3, -0.25) is 0 Å². The van der Waals surface area contributed by atoms with Crippen LogP contribution in [0, 0.1) is 5.41 Å². The number of hydrogen-bond donors (Lipinski definition) is 1. The quantitative estimate of drug-likeness (QED) is 0.889. The molecule has 18 heavy (non-hydrogen) atoms. The zero-order chi connectivity index (χ0) is 13.5. The Hall–Kier alpha value is -0.150. The van der Waals surface area contributed by atoms with Crippen molar-refractivity contribution in [1.82, 2.24) is 0 Å². The summed E-state index contributed by atoms with van der Waals surface area (Å²) in [5, 5.41) is 1.37. The lowest BCUT2D eigenvalue weighted by Crippen LogP contribution is -2.61. The van der Waals surface area contributed by atoms with Crippen molar-refractivity contribution >= 4 is 34.8 Å². The molecule has 2 nitrogen and oxygen atoms in total. The fraction of sp³-hybridized carbons (Fsp3) is 0.538. The summed E-state index contributed by atoms with van der Waals surface area (Å²) in [7, 11) is 0. The van der Waals surface area contributed by atoms with E-state index in [2.05, 4.69) is 13.8 Å². The van der Waals surface area contributed by atoms with E-state index >= 15 is 0 Å². The zero-order valence-corrected chi connectivity index (χ0v) is 12.6. The number of benzene rings is 1. The summed E-state index contributed by atoms with van der Waals surface area (Å²) in [6, 6.07) is 3.43. The molecule has 0 amide bonds. The van der Waals surface area contributed by atoms with Crippen LogP contribution >= 0.6 is 34.8 Å². The van der Waals surface area contributed by atoms with Crippen molar-refractivity contribution < 1.29 is 4.74 Å². The van der Waals surface area contributed by atoms with Crippen molar-refractivity contribution in [2.45, 2.75) is 38.8 Å². The molecule has 0 bridgehead atoms. The van der Waals surface area contributed by atoms with Crippen molar-refractivity contribution in [3.8, 4) is 5.75 Å². The second-order valence-electron chi connectivity index (χ2n) is 5.01. The average molecular weight is 309 g/mol. The van der Waals surface area contributed by atoms with Crippen LogP contribution in [-0.4, -0.2) is 12.1 Å². The van der Waals surface area contributed by atoms with Crippen molar-refractivity contribution in [2.24, 2.45) is 11.1 Å². The minimum Gasteiger partial charge on any atom is -0.487 e. The van der Waals surface area contributed by atoms with Crippen molar-refractivity contribution in [1.29, 1.82) is 0 Å². The molecule has 1 saturated carbocycles. The molecule has 0 heterocycles. The minimum absolute atomic E-state index is 0.0215. The molecule has 100 valence electrons. The topological polar surface area (TPSA) is 35.2 Å². The third kappa shape index (κ3) is 2.32. The van der Waals surface area contributed by atoms with Crippen molar-refractivity contribution in [2.75, 3.05) is 0 Å². The average Bonchev–Trinajstić information content (AvgIpc) is 2.30. The van der Waals surface area contributed by atoms with Gasteiger partial charge in [0.05, 0.1) is 10.0 Å². The first-order valence-corrected chi connectivity index (χ1v) is 7.08. The van der Waals surface area contributed by atoms with Crippen LogP contribution in [0.15, 0.2) is 12.1 Å². The molecule has 0 spiro atoms. The third-order valence-electron chi connectivity index (χ3n) is 4.04. The second-order valence-corrected chi connectivity index (χ2v) is 6.26. The summed E-state index contributed by atoms with van der Waals surface area (Å²) in [4.78, 5) is 0. The summed E-state index contributed by atoms with van der Waals surface area (Å²) in [5.74, 6) is 0.499. The standard InChI is InChI=1S/C13H16Cl3NO/c1-3-13(2)10(17)6-11(13)18-12-8(15)4-7(14)5-9(12)16/h4-5,10-11H,3,6,17H2,1-2H3. The maximum absolute atomic E-state index is 6.11. The molecule has 3 unspecified atom stereocenters. The highest BCUT2D eigenvalue weighted by Gasteiger charge is 2.50. The number of hydrogen-bond acceptors (Lipinski definition) is 2. The molecule has 5 heteroatoms. The van der Waals surface area contributed by atoms with Gasteiger partial charge in [0.15, 0.2) is 5.75 Å². The summed E-state index contributed by atoms with van der Waals surface area (Å²) < 4.78 is 5.94. The number of nitrogens with two attached hydrogens (primary N) is 1. The molecule has 1 aliphatic rings. The first kappa shape index (κ1) is 14.3. The molecule has 1 fully saturated rings. The Labute approximate surface area is 122 Å². The third-order valence-corrected chi connectivity index (χ3v) is 4.82. The molecular weight excluding hydrogens is 293 g/mol. The highest BCUT2D eigenvalue weighted by Crippen LogP contribution is 2.47. The Balaban J connectivity index is 2.21. The molecular formula is C13H16Cl3NO. The van der Waals surface area contributed by atoms with Crippen LogP contribution in [-0.2, 0) is 0 Å².